The number of amides is 2. The molecule has 1 fully saturated rings. The number of carbonyl (C=O) groups excluding carboxylic acids is 3. The Kier molecular flexibility index (Phi) is 8.78. The van der Waals surface area contributed by atoms with Gasteiger partial charge in [0.15, 0.2) is 0 Å². The molecule has 2 aliphatic heterocycles. The minimum absolute atomic E-state index is 0.114. The molecule has 9 nitrogen and oxygen atoms in total. The van der Waals surface area contributed by atoms with Gasteiger partial charge in [0.25, 0.3) is 5.91 Å². The first-order valence-electron chi connectivity index (χ1n) is 13.0. The number of esters is 1. The van der Waals surface area contributed by atoms with E-state index in [1.807, 2.05) is 42.5 Å². The molecule has 0 aromatic heterocycles. The van der Waals surface area contributed by atoms with Crippen LogP contribution in [-0.4, -0.2) is 50.3 Å². The van der Waals surface area contributed by atoms with E-state index < -0.39 is 5.97 Å². The van der Waals surface area contributed by atoms with Crippen LogP contribution in [0.15, 0.2) is 71.3 Å². The third-order valence-electron chi connectivity index (χ3n) is 6.74. The van der Waals surface area contributed by atoms with Gasteiger partial charge in [0, 0.05) is 48.6 Å². The summed E-state index contributed by atoms with van der Waals surface area (Å²) >= 11 is 0. The van der Waals surface area contributed by atoms with Crippen LogP contribution in [0.2, 0.25) is 0 Å². The Morgan fingerprint density at radius 2 is 1.71 bits per heavy atom. The predicted octanol–water partition coefficient (Wildman–Crippen LogP) is 4.13. The average Bonchev–Trinajstić information content (AvgIpc) is 3.25. The van der Waals surface area contributed by atoms with Gasteiger partial charge in [-0.2, -0.15) is 0 Å². The molecule has 1 saturated heterocycles. The number of nitrogens with one attached hydrogen (secondary N) is 2. The second kappa shape index (κ2) is 12.4. The summed E-state index contributed by atoms with van der Waals surface area (Å²) in [4.78, 5) is 42.2. The van der Waals surface area contributed by atoms with E-state index in [0.717, 1.165) is 24.2 Å². The van der Waals surface area contributed by atoms with E-state index in [4.69, 9.17) is 14.9 Å². The summed E-state index contributed by atoms with van der Waals surface area (Å²) in [6.45, 7) is 2.93. The smallest absolute Gasteiger partial charge is 0.356 e. The van der Waals surface area contributed by atoms with Crippen LogP contribution in [-0.2, 0) is 23.9 Å². The van der Waals surface area contributed by atoms with Crippen molar-refractivity contribution in [1.29, 1.82) is 5.41 Å². The summed E-state index contributed by atoms with van der Waals surface area (Å²) in [5.41, 5.74) is 2.42. The number of allylic oxidation sites excluding steroid dienone is 4. The third kappa shape index (κ3) is 6.04. The molecule has 4 rings (SSSR count). The molecule has 0 radical (unpaired) electrons. The fourth-order valence-electron chi connectivity index (χ4n) is 4.75. The highest BCUT2D eigenvalue weighted by Gasteiger charge is 2.31. The molecule has 0 unspecified atom stereocenters. The number of carbonyl (C=O) groups is 3. The molecule has 1 aromatic carbocycles. The zero-order valence-electron chi connectivity index (χ0n) is 21.9. The van der Waals surface area contributed by atoms with Crippen LogP contribution in [0.3, 0.4) is 0 Å². The second-order valence-electron chi connectivity index (χ2n) is 9.22. The van der Waals surface area contributed by atoms with Crippen molar-refractivity contribution in [3.8, 4) is 0 Å². The van der Waals surface area contributed by atoms with Crippen molar-refractivity contribution in [1.82, 2.24) is 5.32 Å². The van der Waals surface area contributed by atoms with Gasteiger partial charge in [0.05, 0.1) is 13.7 Å². The summed E-state index contributed by atoms with van der Waals surface area (Å²) in [5, 5.41) is 11.7. The second-order valence-corrected chi connectivity index (χ2v) is 9.22. The monoisotopic (exact) mass is 518 g/mol. The van der Waals surface area contributed by atoms with E-state index in [9.17, 15) is 14.4 Å². The fraction of sp³-hybridized carbons (Fsp3) is 0.379. The largest absolute Gasteiger partial charge is 0.497 e. The first kappa shape index (κ1) is 26.9. The molecule has 2 heterocycles. The van der Waals surface area contributed by atoms with E-state index in [1.165, 1.54) is 0 Å². The predicted molar refractivity (Wildman–Crippen MR) is 146 cm³/mol. The van der Waals surface area contributed by atoms with Crippen molar-refractivity contribution in [3.05, 3.63) is 71.3 Å². The Labute approximate surface area is 223 Å². The van der Waals surface area contributed by atoms with E-state index in [2.05, 4.69) is 5.32 Å². The summed E-state index contributed by atoms with van der Waals surface area (Å²) in [7, 11) is 1.59. The minimum atomic E-state index is -0.755. The maximum Gasteiger partial charge on any atom is 0.356 e. The lowest BCUT2D eigenvalue weighted by molar-refractivity contribution is -0.135. The number of ether oxygens (including phenoxy) is 2. The zero-order chi connectivity index (χ0) is 27.1. The van der Waals surface area contributed by atoms with Crippen molar-refractivity contribution in [2.45, 2.75) is 45.4 Å². The van der Waals surface area contributed by atoms with Crippen LogP contribution in [0.1, 0.15) is 45.4 Å². The van der Waals surface area contributed by atoms with Gasteiger partial charge in [-0.15, -0.1) is 0 Å². The van der Waals surface area contributed by atoms with E-state index in [0.29, 0.717) is 55.8 Å². The van der Waals surface area contributed by atoms with Gasteiger partial charge < -0.3 is 24.6 Å². The number of anilines is 2. The highest BCUT2D eigenvalue weighted by molar-refractivity contribution is 6.43. The minimum Gasteiger partial charge on any atom is -0.497 e. The topological polar surface area (TPSA) is 112 Å². The maximum atomic E-state index is 14.0. The van der Waals surface area contributed by atoms with Gasteiger partial charge >= 0.3 is 5.97 Å². The van der Waals surface area contributed by atoms with Crippen molar-refractivity contribution in [2.24, 2.45) is 0 Å². The first-order chi connectivity index (χ1) is 18.4. The van der Waals surface area contributed by atoms with Gasteiger partial charge in [0.2, 0.25) is 5.91 Å². The Morgan fingerprint density at radius 1 is 1.00 bits per heavy atom. The molecule has 9 heteroatoms. The SMILES string of the molecule is CCOC(=O)C(=N)C1=C(NC2=CC=C(OC)C=CC2)C(=O)N(c2ccc(N3CCCCC3=O)cc2)CCC1. The Morgan fingerprint density at radius 3 is 2.39 bits per heavy atom. The van der Waals surface area contributed by atoms with E-state index in [1.54, 1.807) is 29.9 Å². The van der Waals surface area contributed by atoms with E-state index in [-0.39, 0.29) is 29.8 Å². The van der Waals surface area contributed by atoms with Gasteiger partial charge in [-0.25, -0.2) is 4.79 Å². The molecular weight excluding hydrogens is 484 g/mol. The third-order valence-corrected chi connectivity index (χ3v) is 6.74. The lowest BCUT2D eigenvalue weighted by atomic mass is 10.0. The number of nitrogens with zero attached hydrogens (tertiary/aromatic N) is 2. The number of hydrogen-bond acceptors (Lipinski definition) is 7. The maximum absolute atomic E-state index is 14.0. The van der Waals surface area contributed by atoms with Crippen molar-refractivity contribution in [2.75, 3.05) is 36.6 Å². The zero-order valence-corrected chi connectivity index (χ0v) is 21.9. The van der Waals surface area contributed by atoms with Gasteiger partial charge in [-0.3, -0.25) is 15.0 Å². The number of benzene rings is 1. The molecule has 1 aromatic rings. The quantitative estimate of drug-likeness (QED) is 0.395. The first-order valence-corrected chi connectivity index (χ1v) is 13.0. The van der Waals surface area contributed by atoms with Crippen LogP contribution in [0.5, 0.6) is 0 Å². The van der Waals surface area contributed by atoms with Crippen LogP contribution >= 0.6 is 0 Å². The van der Waals surface area contributed by atoms with Gasteiger partial charge in [-0.1, -0.05) is 6.08 Å². The van der Waals surface area contributed by atoms with Crippen molar-refractivity contribution >= 4 is 34.9 Å². The lowest BCUT2D eigenvalue weighted by Crippen LogP contribution is -2.37. The highest BCUT2D eigenvalue weighted by Crippen LogP contribution is 2.29. The lowest BCUT2D eigenvalue weighted by Gasteiger charge is -2.28. The molecule has 200 valence electrons. The number of piperidine rings is 1. The van der Waals surface area contributed by atoms with Crippen LogP contribution in [0.4, 0.5) is 11.4 Å². The molecule has 3 aliphatic rings. The summed E-state index contributed by atoms with van der Waals surface area (Å²) in [5.74, 6) is -0.299. The Bertz CT molecular complexity index is 1230. The number of methoxy groups -OCH3 is 1. The summed E-state index contributed by atoms with van der Waals surface area (Å²) in [6.07, 6.45) is 11.3. The summed E-state index contributed by atoms with van der Waals surface area (Å²) in [6, 6.07) is 7.42. The molecule has 38 heavy (non-hydrogen) atoms. The standard InChI is InChI=1S/C29H34N4O5/c1-3-38-29(36)26(30)24-10-7-19-33(22-15-13-21(14-16-22)32-18-5-4-11-25(32)34)28(35)27(24)31-20-8-6-9-23(37-2)17-12-20/h6,9,12-17,30-31H,3-5,7-8,10-11,18-19H2,1-2H3. The number of rotatable bonds is 8. The molecule has 0 spiro atoms. The molecule has 0 bridgehead atoms. The van der Waals surface area contributed by atoms with Crippen molar-refractivity contribution in [3.63, 3.8) is 0 Å². The molecule has 0 saturated carbocycles. The molecule has 2 N–H and O–H groups in total. The van der Waals surface area contributed by atoms with Crippen LogP contribution in [0.25, 0.3) is 0 Å². The normalized spacial score (nSPS) is 18.4. The van der Waals surface area contributed by atoms with E-state index >= 15 is 0 Å². The fourth-order valence-corrected chi connectivity index (χ4v) is 4.75. The van der Waals surface area contributed by atoms with Crippen molar-refractivity contribution < 1.29 is 23.9 Å². The van der Waals surface area contributed by atoms with Gasteiger partial charge in [-0.05, 0) is 75.1 Å². The Balaban J connectivity index is 1.66. The van der Waals surface area contributed by atoms with Crippen LogP contribution < -0.4 is 15.1 Å². The number of hydrogen-bond donors (Lipinski definition) is 2. The Hall–Kier alpha value is -4.14. The molecule has 2 amide bonds. The highest BCUT2D eigenvalue weighted by atomic mass is 16.5. The van der Waals surface area contributed by atoms with Crippen LogP contribution in [0, 0.1) is 5.41 Å². The van der Waals surface area contributed by atoms with Gasteiger partial charge in [0.1, 0.15) is 17.2 Å². The molecular formula is C29H34N4O5. The summed E-state index contributed by atoms with van der Waals surface area (Å²) < 4.78 is 10.4. The molecule has 0 atom stereocenters. The average molecular weight is 519 g/mol. The molecule has 1 aliphatic carbocycles.